The van der Waals surface area contributed by atoms with E-state index in [1.54, 1.807) is 24.3 Å². The zero-order valence-electron chi connectivity index (χ0n) is 5.95. The molecule has 0 bridgehead atoms. The topological polar surface area (TPSA) is 66.9 Å². The van der Waals surface area contributed by atoms with Crippen molar-refractivity contribution in [1.29, 1.82) is 5.26 Å². The number of rotatable bonds is 0. The first-order valence-electron chi connectivity index (χ1n) is 2.87. The van der Waals surface area contributed by atoms with Crippen LogP contribution in [0, 0.1) is 11.3 Å². The summed E-state index contributed by atoms with van der Waals surface area (Å²) in [5, 5.41) is 8.36. The average Bonchev–Trinajstić information content (AvgIpc) is 2.08. The summed E-state index contributed by atoms with van der Waals surface area (Å²) >= 11 is 0. The number of hydrogen-bond donors (Lipinski definition) is 1. The smallest absolute Gasteiger partial charge is 0.106 e. The molecule has 0 saturated heterocycles. The van der Waals surface area contributed by atoms with Crippen LogP contribution >= 0.6 is 0 Å². The van der Waals surface area contributed by atoms with Gasteiger partial charge in [0, 0.05) is 5.69 Å². The van der Waals surface area contributed by atoms with Gasteiger partial charge in [0.1, 0.15) is 6.79 Å². The molecule has 0 fully saturated rings. The molecule has 1 aromatic rings. The van der Waals surface area contributed by atoms with Crippen LogP contribution in [0.3, 0.4) is 0 Å². The number of benzene rings is 1. The van der Waals surface area contributed by atoms with Crippen molar-refractivity contribution >= 4 is 12.5 Å². The van der Waals surface area contributed by atoms with Gasteiger partial charge in [-0.05, 0) is 18.2 Å². The van der Waals surface area contributed by atoms with Gasteiger partial charge in [-0.25, -0.2) is 0 Å². The van der Waals surface area contributed by atoms with Crippen molar-refractivity contribution in [3.8, 4) is 6.07 Å². The van der Waals surface area contributed by atoms with Crippen molar-refractivity contribution in [1.82, 2.24) is 0 Å². The van der Waals surface area contributed by atoms with Gasteiger partial charge in [-0.15, -0.1) is 0 Å². The maximum absolute atomic E-state index is 8.36. The van der Waals surface area contributed by atoms with E-state index in [0.29, 0.717) is 11.3 Å². The summed E-state index contributed by atoms with van der Waals surface area (Å²) in [5.74, 6) is 0. The molecule has 0 unspecified atom stereocenters. The second-order valence-electron chi connectivity index (χ2n) is 1.74. The fraction of sp³-hybridized carbons (Fsp3) is 0. The van der Waals surface area contributed by atoms with E-state index in [-0.39, 0.29) is 0 Å². The van der Waals surface area contributed by atoms with Gasteiger partial charge in [0.25, 0.3) is 0 Å². The third-order valence-electron chi connectivity index (χ3n) is 1.02. The molecule has 3 heteroatoms. The predicted octanol–water partition coefficient (Wildman–Crippen LogP) is 0.956. The Labute approximate surface area is 65.1 Å². The number of nitriles is 1. The fourth-order valence-electron chi connectivity index (χ4n) is 0.608. The molecule has 1 rings (SSSR count). The van der Waals surface area contributed by atoms with E-state index in [2.05, 4.69) is 0 Å². The number of anilines is 1. The summed E-state index contributed by atoms with van der Waals surface area (Å²) in [4.78, 5) is 8.00. The second-order valence-corrected chi connectivity index (χ2v) is 1.74. The zero-order valence-corrected chi connectivity index (χ0v) is 5.95. The molecule has 1 aromatic carbocycles. The summed E-state index contributed by atoms with van der Waals surface area (Å²) < 4.78 is 0. The van der Waals surface area contributed by atoms with E-state index in [0.717, 1.165) is 0 Å². The highest BCUT2D eigenvalue weighted by Gasteiger charge is 1.86. The molecule has 0 aliphatic heterocycles. The Morgan fingerprint density at radius 2 is 2.09 bits per heavy atom. The molecule has 11 heavy (non-hydrogen) atoms. The first-order valence-corrected chi connectivity index (χ1v) is 2.87. The van der Waals surface area contributed by atoms with Crippen LogP contribution in [0.5, 0.6) is 0 Å². The van der Waals surface area contributed by atoms with Crippen molar-refractivity contribution in [2.75, 3.05) is 5.73 Å². The molecule has 0 spiro atoms. The van der Waals surface area contributed by atoms with Gasteiger partial charge in [-0.3, -0.25) is 0 Å². The number of hydrogen-bond acceptors (Lipinski definition) is 3. The lowest BCUT2D eigenvalue weighted by molar-refractivity contribution is -0.0979. The third kappa shape index (κ3) is 3.01. The van der Waals surface area contributed by atoms with E-state index >= 15 is 0 Å². The molecule has 0 aliphatic carbocycles. The quantitative estimate of drug-likeness (QED) is 0.557. The van der Waals surface area contributed by atoms with E-state index in [1.165, 1.54) is 0 Å². The maximum Gasteiger partial charge on any atom is 0.106 e. The highest BCUT2D eigenvalue weighted by molar-refractivity contribution is 5.44. The number of carbonyl (C=O) groups excluding carboxylic acids is 1. The lowest BCUT2D eigenvalue weighted by atomic mass is 10.2. The standard InChI is InChI=1S/C7H6N2.CH2O/c8-5-6-2-1-3-7(9)4-6;1-2/h1-4H,9H2;1H2. The Morgan fingerprint density at radius 3 is 2.45 bits per heavy atom. The van der Waals surface area contributed by atoms with Gasteiger partial charge in [-0.1, -0.05) is 6.07 Å². The molecular formula is C8H8N2O. The molecule has 56 valence electrons. The van der Waals surface area contributed by atoms with Crippen LogP contribution in [-0.4, -0.2) is 6.79 Å². The minimum atomic E-state index is 0.606. The van der Waals surface area contributed by atoms with Gasteiger partial charge in [-0.2, -0.15) is 5.26 Å². The molecule has 0 heterocycles. The Balaban J connectivity index is 0.000000461. The van der Waals surface area contributed by atoms with Gasteiger partial charge in [0.2, 0.25) is 0 Å². The molecular weight excluding hydrogens is 140 g/mol. The van der Waals surface area contributed by atoms with Crippen LogP contribution in [0.25, 0.3) is 0 Å². The average molecular weight is 148 g/mol. The lowest BCUT2D eigenvalue weighted by Crippen LogP contribution is -1.83. The van der Waals surface area contributed by atoms with Gasteiger partial charge in [0.15, 0.2) is 0 Å². The van der Waals surface area contributed by atoms with Gasteiger partial charge in [0.05, 0.1) is 11.6 Å². The van der Waals surface area contributed by atoms with E-state index in [1.807, 2.05) is 12.9 Å². The lowest BCUT2D eigenvalue weighted by Gasteiger charge is -1.89. The normalized spacial score (nSPS) is 7.18. The third-order valence-corrected chi connectivity index (χ3v) is 1.02. The number of nitrogens with zero attached hydrogens (tertiary/aromatic N) is 1. The first kappa shape index (κ1) is 9.18. The van der Waals surface area contributed by atoms with Crippen LogP contribution in [-0.2, 0) is 4.79 Å². The molecule has 0 amide bonds. The Hall–Kier alpha value is -1.82. The first-order chi connectivity index (χ1) is 5.33. The van der Waals surface area contributed by atoms with Crippen LogP contribution in [0.4, 0.5) is 5.69 Å². The SMILES string of the molecule is C=O.N#Cc1cccc(N)c1. The molecule has 0 radical (unpaired) electrons. The van der Waals surface area contributed by atoms with Crippen molar-refractivity contribution in [2.45, 2.75) is 0 Å². The molecule has 0 aromatic heterocycles. The molecule has 0 atom stereocenters. The predicted molar refractivity (Wildman–Crippen MR) is 42.7 cm³/mol. The minimum absolute atomic E-state index is 0.606. The number of carbonyl (C=O) groups is 1. The summed E-state index contributed by atoms with van der Waals surface area (Å²) in [6.07, 6.45) is 0. The summed E-state index contributed by atoms with van der Waals surface area (Å²) in [5.41, 5.74) is 6.62. The Morgan fingerprint density at radius 1 is 1.45 bits per heavy atom. The van der Waals surface area contributed by atoms with Crippen LogP contribution in [0.1, 0.15) is 5.56 Å². The summed E-state index contributed by atoms with van der Waals surface area (Å²) in [7, 11) is 0. The van der Waals surface area contributed by atoms with Crippen molar-refractivity contribution in [3.63, 3.8) is 0 Å². The van der Waals surface area contributed by atoms with Gasteiger partial charge >= 0.3 is 0 Å². The van der Waals surface area contributed by atoms with Crippen LogP contribution in [0.2, 0.25) is 0 Å². The van der Waals surface area contributed by atoms with Crippen LogP contribution in [0.15, 0.2) is 24.3 Å². The Bertz CT molecular complexity index is 265. The van der Waals surface area contributed by atoms with E-state index in [9.17, 15) is 0 Å². The van der Waals surface area contributed by atoms with Crippen molar-refractivity contribution in [2.24, 2.45) is 0 Å². The molecule has 2 N–H and O–H groups in total. The monoisotopic (exact) mass is 148 g/mol. The molecule has 0 saturated carbocycles. The van der Waals surface area contributed by atoms with E-state index < -0.39 is 0 Å². The largest absolute Gasteiger partial charge is 0.399 e. The minimum Gasteiger partial charge on any atom is -0.399 e. The second kappa shape index (κ2) is 5.00. The fourth-order valence-corrected chi connectivity index (χ4v) is 0.608. The Kier molecular flexibility index (Phi) is 4.18. The zero-order chi connectivity index (χ0) is 8.69. The molecule has 0 aliphatic rings. The van der Waals surface area contributed by atoms with Crippen LogP contribution < -0.4 is 5.73 Å². The van der Waals surface area contributed by atoms with Crippen molar-refractivity contribution < 1.29 is 4.79 Å². The number of nitrogens with two attached hydrogens (primary N) is 1. The van der Waals surface area contributed by atoms with E-state index in [4.69, 9.17) is 15.8 Å². The summed E-state index contributed by atoms with van der Waals surface area (Å²) in [6, 6.07) is 8.85. The maximum atomic E-state index is 8.36. The molecule has 3 nitrogen and oxygen atoms in total. The van der Waals surface area contributed by atoms with Gasteiger partial charge < -0.3 is 10.5 Å². The highest BCUT2D eigenvalue weighted by Crippen LogP contribution is 2.03. The van der Waals surface area contributed by atoms with Crippen molar-refractivity contribution in [3.05, 3.63) is 29.8 Å². The highest BCUT2D eigenvalue weighted by atomic mass is 16.1. The summed E-state index contributed by atoms with van der Waals surface area (Å²) in [6.45, 7) is 2.00. The number of nitrogen functional groups attached to an aromatic ring is 1.